The fourth-order valence-electron chi connectivity index (χ4n) is 2.43. The van der Waals surface area contributed by atoms with Gasteiger partial charge in [-0.2, -0.15) is 0 Å². The molecular formula is C15H15ClN2OS. The lowest BCUT2D eigenvalue weighted by Crippen LogP contribution is -2.35. The van der Waals surface area contributed by atoms with Gasteiger partial charge in [0.1, 0.15) is 4.34 Å². The molecule has 20 heavy (non-hydrogen) atoms. The molecule has 0 atom stereocenters. The smallest absolute Gasteiger partial charge is 0.256 e. The molecule has 0 N–H and O–H groups in total. The van der Waals surface area contributed by atoms with Crippen LogP contribution in [0.3, 0.4) is 0 Å². The first-order valence-corrected chi connectivity index (χ1v) is 7.94. The van der Waals surface area contributed by atoms with Crippen molar-refractivity contribution in [3.63, 3.8) is 0 Å². The standard InChI is InChI=1S/C15H15ClN2OS/c16-14-12(15(19)18-7-2-1-3-8-18)9-13(20-14)11-5-4-6-17-10-11/h4-6,9-10H,1-3,7-8H2. The van der Waals surface area contributed by atoms with Crippen LogP contribution in [0.1, 0.15) is 29.6 Å². The number of carbonyl (C=O) groups is 1. The second-order valence-electron chi connectivity index (χ2n) is 4.89. The maximum Gasteiger partial charge on any atom is 0.256 e. The number of thiophene rings is 1. The summed E-state index contributed by atoms with van der Waals surface area (Å²) in [7, 11) is 0. The van der Waals surface area contributed by atoms with E-state index in [1.807, 2.05) is 23.1 Å². The minimum absolute atomic E-state index is 0.0566. The van der Waals surface area contributed by atoms with E-state index in [4.69, 9.17) is 11.6 Å². The maximum atomic E-state index is 12.5. The van der Waals surface area contributed by atoms with Crippen LogP contribution in [0.4, 0.5) is 0 Å². The zero-order valence-corrected chi connectivity index (χ0v) is 12.6. The Bertz CT molecular complexity index is 606. The summed E-state index contributed by atoms with van der Waals surface area (Å²) in [4.78, 5) is 19.5. The van der Waals surface area contributed by atoms with Crippen LogP contribution in [0.5, 0.6) is 0 Å². The lowest BCUT2D eigenvalue weighted by Gasteiger charge is -2.26. The van der Waals surface area contributed by atoms with Crippen molar-refractivity contribution in [2.75, 3.05) is 13.1 Å². The molecule has 3 rings (SSSR count). The Kier molecular flexibility index (Phi) is 4.03. The van der Waals surface area contributed by atoms with Crippen LogP contribution in [0.2, 0.25) is 4.34 Å². The van der Waals surface area contributed by atoms with E-state index >= 15 is 0 Å². The second-order valence-corrected chi connectivity index (χ2v) is 6.55. The molecule has 1 fully saturated rings. The topological polar surface area (TPSA) is 33.2 Å². The fourth-order valence-corrected chi connectivity index (χ4v) is 3.68. The number of piperidine rings is 1. The van der Waals surface area contributed by atoms with Crippen molar-refractivity contribution >= 4 is 28.8 Å². The lowest BCUT2D eigenvalue weighted by atomic mass is 10.1. The van der Waals surface area contributed by atoms with E-state index in [1.165, 1.54) is 17.8 Å². The van der Waals surface area contributed by atoms with E-state index in [2.05, 4.69) is 4.98 Å². The molecule has 1 aliphatic heterocycles. The van der Waals surface area contributed by atoms with Gasteiger partial charge in [0, 0.05) is 35.9 Å². The van der Waals surface area contributed by atoms with Gasteiger partial charge in [-0.05, 0) is 31.4 Å². The molecule has 0 aromatic carbocycles. The third-order valence-corrected chi connectivity index (χ3v) is 4.91. The average molecular weight is 307 g/mol. The second kappa shape index (κ2) is 5.94. The molecule has 5 heteroatoms. The average Bonchev–Trinajstić information content (AvgIpc) is 2.90. The fraction of sp³-hybridized carbons (Fsp3) is 0.333. The number of aromatic nitrogens is 1. The molecule has 0 bridgehead atoms. The van der Waals surface area contributed by atoms with Crippen molar-refractivity contribution in [3.05, 3.63) is 40.5 Å². The molecular weight excluding hydrogens is 292 g/mol. The summed E-state index contributed by atoms with van der Waals surface area (Å²) in [6.45, 7) is 1.68. The van der Waals surface area contributed by atoms with Crippen molar-refractivity contribution < 1.29 is 4.79 Å². The van der Waals surface area contributed by atoms with Crippen LogP contribution in [-0.2, 0) is 0 Å². The number of rotatable bonds is 2. The molecule has 1 amide bonds. The van der Waals surface area contributed by atoms with Gasteiger partial charge in [0.25, 0.3) is 5.91 Å². The van der Waals surface area contributed by atoms with E-state index in [0.717, 1.165) is 36.4 Å². The number of pyridine rings is 1. The normalized spacial score (nSPS) is 15.3. The van der Waals surface area contributed by atoms with Crippen molar-refractivity contribution in [2.45, 2.75) is 19.3 Å². The lowest BCUT2D eigenvalue weighted by molar-refractivity contribution is 0.0725. The summed E-state index contributed by atoms with van der Waals surface area (Å²) in [6, 6.07) is 5.75. The summed E-state index contributed by atoms with van der Waals surface area (Å²) in [5.41, 5.74) is 1.62. The van der Waals surface area contributed by atoms with Gasteiger partial charge in [-0.3, -0.25) is 9.78 Å². The quantitative estimate of drug-likeness (QED) is 0.837. The van der Waals surface area contributed by atoms with Gasteiger partial charge >= 0.3 is 0 Å². The van der Waals surface area contributed by atoms with Crippen molar-refractivity contribution in [1.29, 1.82) is 0 Å². The SMILES string of the molecule is O=C(c1cc(-c2cccnc2)sc1Cl)N1CCCCC1. The zero-order valence-electron chi connectivity index (χ0n) is 11.0. The summed E-state index contributed by atoms with van der Waals surface area (Å²) in [5.74, 6) is 0.0566. The zero-order chi connectivity index (χ0) is 13.9. The van der Waals surface area contributed by atoms with Gasteiger partial charge in [0.05, 0.1) is 5.56 Å². The van der Waals surface area contributed by atoms with Crippen LogP contribution < -0.4 is 0 Å². The Labute approximate surface area is 127 Å². The summed E-state index contributed by atoms with van der Waals surface area (Å²) >= 11 is 7.70. The van der Waals surface area contributed by atoms with Gasteiger partial charge in [0.15, 0.2) is 0 Å². The number of likely N-dealkylation sites (tertiary alicyclic amines) is 1. The van der Waals surface area contributed by atoms with Crippen LogP contribution >= 0.6 is 22.9 Å². The number of halogens is 1. The van der Waals surface area contributed by atoms with E-state index in [9.17, 15) is 4.79 Å². The highest BCUT2D eigenvalue weighted by molar-refractivity contribution is 7.19. The van der Waals surface area contributed by atoms with Crippen molar-refractivity contribution in [2.24, 2.45) is 0 Å². The third-order valence-electron chi connectivity index (χ3n) is 3.51. The molecule has 2 aromatic rings. The van der Waals surface area contributed by atoms with Gasteiger partial charge in [-0.1, -0.05) is 17.7 Å². The highest BCUT2D eigenvalue weighted by Crippen LogP contribution is 2.35. The minimum Gasteiger partial charge on any atom is -0.339 e. The Morgan fingerprint density at radius 3 is 2.80 bits per heavy atom. The molecule has 0 unspecified atom stereocenters. The highest BCUT2D eigenvalue weighted by Gasteiger charge is 2.22. The first kappa shape index (κ1) is 13.6. The Morgan fingerprint density at radius 2 is 2.10 bits per heavy atom. The maximum absolute atomic E-state index is 12.5. The molecule has 0 spiro atoms. The van der Waals surface area contributed by atoms with Crippen LogP contribution in [0, 0.1) is 0 Å². The first-order valence-electron chi connectivity index (χ1n) is 6.75. The molecule has 3 nitrogen and oxygen atoms in total. The molecule has 2 aromatic heterocycles. The summed E-state index contributed by atoms with van der Waals surface area (Å²) in [6.07, 6.45) is 6.91. The molecule has 104 valence electrons. The van der Waals surface area contributed by atoms with E-state index in [-0.39, 0.29) is 5.91 Å². The Hall–Kier alpha value is -1.39. The molecule has 0 aliphatic carbocycles. The summed E-state index contributed by atoms with van der Waals surface area (Å²) in [5, 5.41) is 0. The number of carbonyl (C=O) groups excluding carboxylic acids is 1. The third kappa shape index (κ3) is 2.72. The first-order chi connectivity index (χ1) is 9.75. The summed E-state index contributed by atoms with van der Waals surface area (Å²) < 4.78 is 0.569. The molecule has 1 saturated heterocycles. The predicted octanol–water partition coefficient (Wildman–Crippen LogP) is 4.09. The highest BCUT2D eigenvalue weighted by atomic mass is 35.5. The van der Waals surface area contributed by atoms with Crippen molar-refractivity contribution in [1.82, 2.24) is 9.88 Å². The molecule has 1 aliphatic rings. The molecule has 3 heterocycles. The Morgan fingerprint density at radius 1 is 1.30 bits per heavy atom. The van der Waals surface area contributed by atoms with Crippen LogP contribution in [-0.4, -0.2) is 28.9 Å². The van der Waals surface area contributed by atoms with E-state index in [0.29, 0.717) is 9.90 Å². The van der Waals surface area contributed by atoms with Crippen LogP contribution in [0.25, 0.3) is 10.4 Å². The molecule has 0 saturated carbocycles. The number of hydrogen-bond donors (Lipinski definition) is 0. The van der Waals surface area contributed by atoms with Gasteiger partial charge in [-0.25, -0.2) is 0 Å². The van der Waals surface area contributed by atoms with Crippen LogP contribution in [0.15, 0.2) is 30.6 Å². The largest absolute Gasteiger partial charge is 0.339 e. The number of hydrogen-bond acceptors (Lipinski definition) is 3. The number of amides is 1. The Balaban J connectivity index is 1.87. The van der Waals surface area contributed by atoms with E-state index in [1.54, 1.807) is 12.4 Å². The molecule has 0 radical (unpaired) electrons. The van der Waals surface area contributed by atoms with Gasteiger partial charge < -0.3 is 4.90 Å². The number of nitrogens with zero attached hydrogens (tertiary/aromatic N) is 2. The monoisotopic (exact) mass is 306 g/mol. The van der Waals surface area contributed by atoms with Gasteiger partial charge in [0.2, 0.25) is 0 Å². The van der Waals surface area contributed by atoms with Crippen molar-refractivity contribution in [3.8, 4) is 10.4 Å². The predicted molar refractivity (Wildman–Crippen MR) is 82.3 cm³/mol. The van der Waals surface area contributed by atoms with E-state index < -0.39 is 0 Å². The van der Waals surface area contributed by atoms with Gasteiger partial charge in [-0.15, -0.1) is 11.3 Å². The minimum atomic E-state index is 0.0566.